The molecule has 4 amide bonds. The van der Waals surface area contributed by atoms with E-state index in [1.807, 2.05) is 18.2 Å². The number of carbonyl (C=O) groups is 4. The Bertz CT molecular complexity index is 1840. The molecule has 0 unspecified atom stereocenters. The van der Waals surface area contributed by atoms with E-state index in [1.165, 1.54) is 17.0 Å². The Balaban J connectivity index is 1.47. The molecule has 2 saturated heterocycles. The molecule has 4 aliphatic rings. The number of hydrogen-bond acceptors (Lipinski definition) is 5. The summed E-state index contributed by atoms with van der Waals surface area (Å²) >= 11 is 14.8. The first-order valence-electron chi connectivity index (χ1n) is 14.5. The highest BCUT2D eigenvalue weighted by molar-refractivity contribution is 6.58. The van der Waals surface area contributed by atoms with Crippen LogP contribution < -0.4 is 4.90 Å². The largest absolute Gasteiger partial charge is 0.507 e. The normalized spacial score (nSPS) is 31.7. The van der Waals surface area contributed by atoms with E-state index in [9.17, 15) is 28.7 Å². The number of anilines is 1. The average molecular weight is 636 g/mol. The monoisotopic (exact) mass is 634 g/mol. The zero-order valence-electron chi connectivity index (χ0n) is 24.2. The fourth-order valence-electron chi connectivity index (χ4n) is 7.91. The van der Waals surface area contributed by atoms with Gasteiger partial charge >= 0.3 is 0 Å². The number of allylic oxidation sites excluding steroid dienone is 2. The molecule has 3 aromatic carbocycles. The summed E-state index contributed by atoms with van der Waals surface area (Å²) in [7, 11) is 0. The van der Waals surface area contributed by atoms with Crippen LogP contribution in [-0.4, -0.2) is 48.9 Å². The molecule has 3 aromatic rings. The highest BCUT2D eigenvalue weighted by Gasteiger charge is 2.77. The second-order valence-corrected chi connectivity index (χ2v) is 14.4. The van der Waals surface area contributed by atoms with E-state index in [2.05, 4.69) is 0 Å². The molecule has 3 fully saturated rings. The number of fused-ring (bicyclic) bond motifs is 5. The van der Waals surface area contributed by atoms with Gasteiger partial charge in [0.05, 0.1) is 17.5 Å². The lowest BCUT2D eigenvalue weighted by molar-refractivity contribution is -0.145. The minimum absolute atomic E-state index is 0.0955. The summed E-state index contributed by atoms with van der Waals surface area (Å²) < 4.78 is 13.8. The SMILES string of the molecule is CC(C)(C)N1C(=O)[C@H]2[C@H](CC=C3[C@H]2C[C@@]2(Cl)C(=O)N(c4ccc(F)cc4)C(=O)[C@@]2(Cl)[C@H]3c2ccc3ccccc3c2O)C1=O. The van der Waals surface area contributed by atoms with Gasteiger partial charge in [-0.1, -0.05) is 48.0 Å². The lowest BCUT2D eigenvalue weighted by Crippen LogP contribution is -2.60. The predicted octanol–water partition coefficient (Wildman–Crippen LogP) is 6.05. The smallest absolute Gasteiger partial charge is 0.258 e. The number of hydrogen-bond donors (Lipinski definition) is 1. The minimum atomic E-state index is -2.12. The first kappa shape index (κ1) is 29.0. The van der Waals surface area contributed by atoms with Gasteiger partial charge in [0.2, 0.25) is 11.8 Å². The number of aromatic hydroxyl groups is 1. The van der Waals surface area contributed by atoms with E-state index < -0.39 is 56.6 Å². The number of alkyl halides is 2. The van der Waals surface area contributed by atoms with Crippen molar-refractivity contribution < 1.29 is 28.7 Å². The number of nitrogens with zero attached hydrogens (tertiary/aromatic N) is 2. The second-order valence-electron chi connectivity index (χ2n) is 13.2. The molecule has 1 N–H and O–H groups in total. The zero-order chi connectivity index (χ0) is 31.5. The van der Waals surface area contributed by atoms with Gasteiger partial charge in [-0.25, -0.2) is 9.29 Å². The third-order valence-corrected chi connectivity index (χ3v) is 11.2. The number of phenols is 1. The van der Waals surface area contributed by atoms with Gasteiger partial charge in [-0.05, 0) is 69.2 Å². The van der Waals surface area contributed by atoms with Crippen molar-refractivity contribution in [2.45, 2.75) is 54.8 Å². The third kappa shape index (κ3) is 3.61. The first-order chi connectivity index (χ1) is 20.7. The molecule has 44 heavy (non-hydrogen) atoms. The van der Waals surface area contributed by atoms with Gasteiger partial charge in [0.15, 0.2) is 9.75 Å². The average Bonchev–Trinajstić information content (AvgIpc) is 3.32. The van der Waals surface area contributed by atoms with Crippen LogP contribution in [0.3, 0.4) is 0 Å². The van der Waals surface area contributed by atoms with E-state index in [4.69, 9.17) is 23.2 Å². The summed E-state index contributed by atoms with van der Waals surface area (Å²) in [4.78, 5) is 54.4. The molecule has 0 aromatic heterocycles. The number of imide groups is 2. The lowest BCUT2D eigenvalue weighted by Gasteiger charge is -2.50. The molecular formula is C34H29Cl2FN2O5. The molecule has 226 valence electrons. The maximum atomic E-state index is 14.5. The van der Waals surface area contributed by atoms with Gasteiger partial charge in [0.1, 0.15) is 11.6 Å². The van der Waals surface area contributed by atoms with Crippen LogP contribution in [0.25, 0.3) is 10.8 Å². The van der Waals surface area contributed by atoms with Crippen LogP contribution in [-0.2, 0) is 19.2 Å². The van der Waals surface area contributed by atoms with Gasteiger partial charge in [-0.15, -0.1) is 23.2 Å². The molecular weight excluding hydrogens is 606 g/mol. The minimum Gasteiger partial charge on any atom is -0.507 e. The van der Waals surface area contributed by atoms with E-state index >= 15 is 0 Å². The van der Waals surface area contributed by atoms with Crippen molar-refractivity contribution in [2.75, 3.05) is 4.90 Å². The Kier molecular flexibility index (Phi) is 6.18. The number of phenolic OH excluding ortho intramolecular Hbond substituents is 1. The fraction of sp³-hybridized carbons (Fsp3) is 0.353. The summed E-state index contributed by atoms with van der Waals surface area (Å²) in [5.74, 6) is -6.28. The number of likely N-dealkylation sites (tertiary alicyclic amines) is 1. The number of carbonyl (C=O) groups excluding carboxylic acids is 4. The maximum absolute atomic E-state index is 14.5. The zero-order valence-corrected chi connectivity index (χ0v) is 25.7. The second kappa shape index (κ2) is 9.38. The third-order valence-electron chi connectivity index (χ3n) is 9.81. The van der Waals surface area contributed by atoms with Gasteiger partial charge in [-0.2, -0.15) is 0 Å². The molecule has 0 radical (unpaired) electrons. The Labute approximate surface area is 263 Å². The number of amides is 4. The summed E-state index contributed by atoms with van der Waals surface area (Å²) in [5, 5.41) is 13.0. The molecule has 0 spiro atoms. The van der Waals surface area contributed by atoms with Crippen LogP contribution in [0, 0.1) is 23.6 Å². The molecule has 7 rings (SSSR count). The molecule has 1 saturated carbocycles. The summed E-state index contributed by atoms with van der Waals surface area (Å²) in [5.41, 5.74) is 0.189. The molecule has 0 bridgehead atoms. The van der Waals surface area contributed by atoms with Gasteiger partial charge in [-0.3, -0.25) is 24.1 Å². The van der Waals surface area contributed by atoms with E-state index in [-0.39, 0.29) is 41.7 Å². The first-order valence-corrected chi connectivity index (χ1v) is 15.3. The fourth-order valence-corrected chi connectivity index (χ4v) is 8.84. The van der Waals surface area contributed by atoms with Gasteiger partial charge in [0.25, 0.3) is 11.8 Å². The van der Waals surface area contributed by atoms with Crippen LogP contribution in [0.15, 0.2) is 72.3 Å². The van der Waals surface area contributed by atoms with Crippen molar-refractivity contribution in [2.24, 2.45) is 17.8 Å². The standard InChI is InChI=1S/C34H29Cl2FN2O5/c1-32(2,3)39-28(41)22-15-14-21-24(25(22)29(39)42)16-33(35)30(43)38(19-11-9-18(37)10-12-19)31(44)34(33,36)26(21)23-13-8-17-6-4-5-7-20(17)27(23)40/h4-14,22,24-26,40H,15-16H2,1-3H3/t22-,24+,25-,26+,33+,34-/m0/s1. The van der Waals surface area contributed by atoms with Crippen molar-refractivity contribution >= 4 is 63.3 Å². The molecule has 2 aliphatic carbocycles. The highest BCUT2D eigenvalue weighted by Crippen LogP contribution is 2.66. The van der Waals surface area contributed by atoms with Crippen LogP contribution in [0.2, 0.25) is 0 Å². The summed E-state index contributed by atoms with van der Waals surface area (Å²) in [6.07, 6.45) is 1.88. The predicted molar refractivity (Wildman–Crippen MR) is 164 cm³/mol. The van der Waals surface area contributed by atoms with Crippen LogP contribution in [0.5, 0.6) is 5.75 Å². The molecule has 6 atom stereocenters. The van der Waals surface area contributed by atoms with Gasteiger partial charge in [0, 0.05) is 22.4 Å². The highest BCUT2D eigenvalue weighted by atomic mass is 35.5. The van der Waals surface area contributed by atoms with Crippen LogP contribution >= 0.6 is 23.2 Å². The van der Waals surface area contributed by atoms with Crippen molar-refractivity contribution in [3.8, 4) is 5.75 Å². The number of rotatable bonds is 2. The van der Waals surface area contributed by atoms with Gasteiger partial charge < -0.3 is 5.11 Å². The van der Waals surface area contributed by atoms with Crippen LogP contribution in [0.1, 0.15) is 45.1 Å². The Hall–Kier alpha value is -3.75. The van der Waals surface area contributed by atoms with Crippen molar-refractivity contribution in [1.29, 1.82) is 0 Å². The molecule has 7 nitrogen and oxygen atoms in total. The Morgan fingerprint density at radius 2 is 1.57 bits per heavy atom. The molecule has 2 heterocycles. The lowest BCUT2D eigenvalue weighted by atomic mass is 9.56. The number of benzene rings is 3. The van der Waals surface area contributed by atoms with Crippen molar-refractivity contribution in [3.05, 3.63) is 83.7 Å². The molecule has 10 heteroatoms. The Morgan fingerprint density at radius 3 is 2.25 bits per heavy atom. The maximum Gasteiger partial charge on any atom is 0.258 e. The van der Waals surface area contributed by atoms with Crippen LogP contribution in [0.4, 0.5) is 10.1 Å². The van der Waals surface area contributed by atoms with E-state index in [1.54, 1.807) is 45.0 Å². The van der Waals surface area contributed by atoms with E-state index in [0.29, 0.717) is 11.0 Å². The van der Waals surface area contributed by atoms with Crippen molar-refractivity contribution in [1.82, 2.24) is 4.90 Å². The summed E-state index contributed by atoms with van der Waals surface area (Å²) in [6, 6.07) is 15.5. The topological polar surface area (TPSA) is 95.0 Å². The van der Waals surface area contributed by atoms with Crippen molar-refractivity contribution in [3.63, 3.8) is 0 Å². The van der Waals surface area contributed by atoms with E-state index in [0.717, 1.165) is 22.4 Å². The number of halogens is 3. The Morgan fingerprint density at radius 1 is 0.886 bits per heavy atom. The quantitative estimate of drug-likeness (QED) is 0.210. The molecule has 2 aliphatic heterocycles. The summed E-state index contributed by atoms with van der Waals surface area (Å²) in [6.45, 7) is 5.37.